The van der Waals surface area contributed by atoms with Crippen LogP contribution in [0.15, 0.2) is 24.3 Å². The van der Waals surface area contributed by atoms with E-state index < -0.39 is 11.2 Å². The first kappa shape index (κ1) is 15.5. The van der Waals surface area contributed by atoms with Crippen molar-refractivity contribution in [3.05, 3.63) is 35.6 Å². The molecular weight excluding hydrogens is 271 g/mol. The van der Waals surface area contributed by atoms with Gasteiger partial charge in [-0.3, -0.25) is 9.59 Å². The molecule has 0 unspecified atom stereocenters. The molecule has 0 N–H and O–H groups in total. The van der Waals surface area contributed by atoms with Gasteiger partial charge in [0.2, 0.25) is 5.91 Å². The second-order valence-electron chi connectivity index (χ2n) is 6.31. The normalized spacial score (nSPS) is 16.0. The Morgan fingerprint density at radius 3 is 2.05 bits per heavy atom. The second kappa shape index (κ2) is 5.84. The standard InChI is InChI=1S/C16H21FN2O2/c1-16(2,3)15(21)19-10-8-18(9-11-19)14(20)12-6-4-5-7-13(12)17/h4-7H,8-11H2,1-3H3. The minimum atomic E-state index is -0.504. The smallest absolute Gasteiger partial charge is 0.256 e. The third-order valence-corrected chi connectivity index (χ3v) is 3.60. The van der Waals surface area contributed by atoms with E-state index in [9.17, 15) is 14.0 Å². The molecule has 0 bridgehead atoms. The molecule has 1 heterocycles. The summed E-state index contributed by atoms with van der Waals surface area (Å²) in [6.07, 6.45) is 0. The van der Waals surface area contributed by atoms with Crippen LogP contribution in [0.2, 0.25) is 0 Å². The fourth-order valence-electron chi connectivity index (χ4n) is 2.39. The molecular formula is C16H21FN2O2. The Morgan fingerprint density at radius 1 is 1.00 bits per heavy atom. The summed E-state index contributed by atoms with van der Waals surface area (Å²) in [5.74, 6) is -0.729. The molecule has 2 rings (SSSR count). The molecule has 0 aromatic heterocycles. The van der Waals surface area contributed by atoms with Gasteiger partial charge in [0, 0.05) is 31.6 Å². The quantitative estimate of drug-likeness (QED) is 0.796. The zero-order valence-electron chi connectivity index (χ0n) is 12.7. The van der Waals surface area contributed by atoms with E-state index in [-0.39, 0.29) is 17.4 Å². The Balaban J connectivity index is 2.00. The van der Waals surface area contributed by atoms with Gasteiger partial charge in [-0.25, -0.2) is 4.39 Å². The molecule has 0 atom stereocenters. The zero-order valence-corrected chi connectivity index (χ0v) is 12.7. The number of amides is 2. The summed E-state index contributed by atoms with van der Waals surface area (Å²) in [7, 11) is 0. The maximum atomic E-state index is 13.6. The highest BCUT2D eigenvalue weighted by atomic mass is 19.1. The molecule has 1 aromatic rings. The number of carbonyl (C=O) groups is 2. The Bertz CT molecular complexity index is 543. The van der Waals surface area contributed by atoms with E-state index in [2.05, 4.69) is 0 Å². The number of benzene rings is 1. The predicted molar refractivity (Wildman–Crippen MR) is 78.3 cm³/mol. The molecule has 1 aliphatic heterocycles. The van der Waals surface area contributed by atoms with Gasteiger partial charge in [-0.15, -0.1) is 0 Å². The lowest BCUT2D eigenvalue weighted by Crippen LogP contribution is -2.53. The van der Waals surface area contributed by atoms with Gasteiger partial charge in [0.25, 0.3) is 5.91 Å². The number of hydrogen-bond acceptors (Lipinski definition) is 2. The number of rotatable bonds is 1. The molecule has 5 heteroatoms. The van der Waals surface area contributed by atoms with E-state index in [1.165, 1.54) is 12.1 Å². The van der Waals surface area contributed by atoms with Crippen LogP contribution in [0, 0.1) is 11.2 Å². The predicted octanol–water partition coefficient (Wildman–Crippen LogP) is 2.16. The molecule has 2 amide bonds. The number of hydrogen-bond donors (Lipinski definition) is 0. The molecule has 114 valence electrons. The minimum absolute atomic E-state index is 0.0838. The number of piperazine rings is 1. The molecule has 0 saturated carbocycles. The lowest BCUT2D eigenvalue weighted by molar-refractivity contribution is -0.140. The van der Waals surface area contributed by atoms with E-state index in [1.54, 1.807) is 21.9 Å². The molecule has 0 aliphatic carbocycles. The van der Waals surface area contributed by atoms with Gasteiger partial charge >= 0.3 is 0 Å². The molecule has 1 aromatic carbocycles. The lowest BCUT2D eigenvalue weighted by Gasteiger charge is -2.37. The van der Waals surface area contributed by atoms with Crippen LogP contribution in [0.4, 0.5) is 4.39 Å². The third kappa shape index (κ3) is 3.40. The van der Waals surface area contributed by atoms with Crippen molar-refractivity contribution in [1.29, 1.82) is 0 Å². The molecule has 4 nitrogen and oxygen atoms in total. The highest BCUT2D eigenvalue weighted by Gasteiger charge is 2.31. The topological polar surface area (TPSA) is 40.6 Å². The largest absolute Gasteiger partial charge is 0.339 e. The highest BCUT2D eigenvalue weighted by Crippen LogP contribution is 2.19. The average molecular weight is 292 g/mol. The van der Waals surface area contributed by atoms with Gasteiger partial charge < -0.3 is 9.80 Å². The van der Waals surface area contributed by atoms with Crippen LogP contribution in [0.25, 0.3) is 0 Å². The van der Waals surface area contributed by atoms with E-state index in [0.29, 0.717) is 26.2 Å². The van der Waals surface area contributed by atoms with Crippen molar-refractivity contribution in [3.8, 4) is 0 Å². The van der Waals surface area contributed by atoms with Crippen LogP contribution in [-0.4, -0.2) is 47.8 Å². The van der Waals surface area contributed by atoms with Gasteiger partial charge in [-0.05, 0) is 12.1 Å². The Labute approximate surface area is 124 Å². The molecule has 1 saturated heterocycles. The summed E-state index contributed by atoms with van der Waals surface area (Å²) < 4.78 is 13.6. The minimum Gasteiger partial charge on any atom is -0.339 e. The summed E-state index contributed by atoms with van der Waals surface area (Å²) >= 11 is 0. The Kier molecular flexibility index (Phi) is 4.30. The van der Waals surface area contributed by atoms with Gasteiger partial charge in [0.05, 0.1) is 5.56 Å². The summed E-state index contributed by atoms with van der Waals surface area (Å²) in [5.41, 5.74) is -0.328. The van der Waals surface area contributed by atoms with Gasteiger partial charge in [-0.1, -0.05) is 32.9 Å². The van der Waals surface area contributed by atoms with Crippen molar-refractivity contribution < 1.29 is 14.0 Å². The number of nitrogens with zero attached hydrogens (tertiary/aromatic N) is 2. The zero-order chi connectivity index (χ0) is 15.6. The lowest BCUT2D eigenvalue weighted by atomic mass is 9.94. The summed E-state index contributed by atoms with van der Waals surface area (Å²) in [5, 5.41) is 0. The molecule has 0 radical (unpaired) electrons. The summed E-state index contributed by atoms with van der Waals surface area (Å²) in [6, 6.07) is 5.98. The molecule has 0 spiro atoms. The SMILES string of the molecule is CC(C)(C)C(=O)N1CCN(C(=O)c2ccccc2F)CC1. The molecule has 21 heavy (non-hydrogen) atoms. The summed E-state index contributed by atoms with van der Waals surface area (Å²) in [4.78, 5) is 27.8. The third-order valence-electron chi connectivity index (χ3n) is 3.60. The first-order valence-corrected chi connectivity index (χ1v) is 7.14. The first-order valence-electron chi connectivity index (χ1n) is 7.14. The van der Waals surface area contributed by atoms with E-state index in [1.807, 2.05) is 20.8 Å². The van der Waals surface area contributed by atoms with Crippen LogP contribution < -0.4 is 0 Å². The van der Waals surface area contributed by atoms with E-state index in [0.717, 1.165) is 0 Å². The molecule has 1 aliphatic rings. The van der Waals surface area contributed by atoms with Crippen molar-refractivity contribution in [1.82, 2.24) is 9.80 Å². The van der Waals surface area contributed by atoms with E-state index >= 15 is 0 Å². The fraction of sp³-hybridized carbons (Fsp3) is 0.500. The fourth-order valence-corrected chi connectivity index (χ4v) is 2.39. The van der Waals surface area contributed by atoms with Crippen molar-refractivity contribution in [2.24, 2.45) is 5.41 Å². The monoisotopic (exact) mass is 292 g/mol. The first-order chi connectivity index (χ1) is 9.80. The van der Waals surface area contributed by atoms with Crippen LogP contribution in [0.5, 0.6) is 0 Å². The molecule has 1 fully saturated rings. The van der Waals surface area contributed by atoms with Crippen molar-refractivity contribution in [2.45, 2.75) is 20.8 Å². The van der Waals surface area contributed by atoms with Gasteiger partial charge in [0.15, 0.2) is 0 Å². The summed E-state index contributed by atoms with van der Waals surface area (Å²) in [6.45, 7) is 7.52. The average Bonchev–Trinajstić information content (AvgIpc) is 2.45. The maximum absolute atomic E-state index is 13.6. The van der Waals surface area contributed by atoms with E-state index in [4.69, 9.17) is 0 Å². The van der Waals surface area contributed by atoms with Crippen LogP contribution in [0.3, 0.4) is 0 Å². The van der Waals surface area contributed by atoms with Gasteiger partial charge in [0.1, 0.15) is 5.82 Å². The number of halogens is 1. The maximum Gasteiger partial charge on any atom is 0.256 e. The highest BCUT2D eigenvalue weighted by molar-refractivity contribution is 5.94. The van der Waals surface area contributed by atoms with Crippen LogP contribution in [0.1, 0.15) is 31.1 Å². The Morgan fingerprint density at radius 2 is 1.52 bits per heavy atom. The van der Waals surface area contributed by atoms with Crippen LogP contribution >= 0.6 is 0 Å². The van der Waals surface area contributed by atoms with Crippen LogP contribution in [-0.2, 0) is 4.79 Å². The van der Waals surface area contributed by atoms with Crippen molar-refractivity contribution in [3.63, 3.8) is 0 Å². The van der Waals surface area contributed by atoms with Crippen molar-refractivity contribution in [2.75, 3.05) is 26.2 Å². The van der Waals surface area contributed by atoms with Gasteiger partial charge in [-0.2, -0.15) is 0 Å². The number of carbonyl (C=O) groups excluding carboxylic acids is 2. The van der Waals surface area contributed by atoms with Crippen molar-refractivity contribution >= 4 is 11.8 Å². The Hall–Kier alpha value is -1.91. The second-order valence-corrected chi connectivity index (χ2v) is 6.31.